The Morgan fingerprint density at radius 2 is 2.29 bits per heavy atom. The molecule has 0 saturated carbocycles. The van der Waals surface area contributed by atoms with Gasteiger partial charge >= 0.3 is 0 Å². The molecule has 1 fully saturated rings. The molecular weight excluding hydrogens is 174 g/mol. The van der Waals surface area contributed by atoms with Crippen LogP contribution in [0.4, 0.5) is 0 Å². The van der Waals surface area contributed by atoms with Gasteiger partial charge in [-0.05, 0) is 25.7 Å². The lowest BCUT2D eigenvalue weighted by atomic mass is 10.1. The van der Waals surface area contributed by atoms with Crippen LogP contribution >= 0.6 is 0 Å². The van der Waals surface area contributed by atoms with Crippen molar-refractivity contribution in [2.45, 2.75) is 64.5 Å². The normalized spacial score (nSPS) is 24.0. The molecule has 0 amide bonds. The Labute approximate surface area is 88.4 Å². The van der Waals surface area contributed by atoms with Crippen LogP contribution in [0.1, 0.15) is 52.4 Å². The molecule has 0 aromatic heterocycles. The van der Waals surface area contributed by atoms with E-state index in [0.717, 1.165) is 13.2 Å². The predicted molar refractivity (Wildman–Crippen MR) is 60.6 cm³/mol. The average Bonchev–Trinajstić information content (AvgIpc) is 2.71. The highest BCUT2D eigenvalue weighted by Gasteiger charge is 2.16. The molecule has 1 N–H and O–H groups in total. The van der Waals surface area contributed by atoms with Gasteiger partial charge in [-0.25, -0.2) is 0 Å². The van der Waals surface area contributed by atoms with Crippen LogP contribution in [0.3, 0.4) is 0 Å². The van der Waals surface area contributed by atoms with E-state index in [1.807, 2.05) is 0 Å². The highest BCUT2D eigenvalue weighted by atomic mass is 16.5. The second kappa shape index (κ2) is 7.24. The third kappa shape index (κ3) is 4.43. The highest BCUT2D eigenvalue weighted by molar-refractivity contribution is 4.71. The van der Waals surface area contributed by atoms with Crippen LogP contribution in [-0.4, -0.2) is 25.3 Å². The molecule has 0 aliphatic carbocycles. The van der Waals surface area contributed by atoms with E-state index in [1.54, 1.807) is 0 Å². The molecule has 14 heavy (non-hydrogen) atoms. The summed E-state index contributed by atoms with van der Waals surface area (Å²) in [6, 6.07) is 0.708. The van der Waals surface area contributed by atoms with Gasteiger partial charge in [0.15, 0.2) is 0 Å². The molecule has 84 valence electrons. The van der Waals surface area contributed by atoms with Gasteiger partial charge in [-0.3, -0.25) is 0 Å². The fourth-order valence-electron chi connectivity index (χ4n) is 2.00. The van der Waals surface area contributed by atoms with Gasteiger partial charge in [0.1, 0.15) is 0 Å². The second-order valence-corrected chi connectivity index (χ2v) is 4.29. The first-order chi connectivity index (χ1) is 6.86. The summed E-state index contributed by atoms with van der Waals surface area (Å²) >= 11 is 0. The van der Waals surface area contributed by atoms with Crippen molar-refractivity contribution in [2.75, 3.05) is 13.2 Å². The van der Waals surface area contributed by atoms with Crippen molar-refractivity contribution in [3.05, 3.63) is 0 Å². The summed E-state index contributed by atoms with van der Waals surface area (Å²) in [6.07, 6.45) is 8.20. The first-order valence-electron chi connectivity index (χ1n) is 6.21. The second-order valence-electron chi connectivity index (χ2n) is 4.29. The smallest absolute Gasteiger partial charge is 0.0700 e. The summed E-state index contributed by atoms with van der Waals surface area (Å²) in [5.41, 5.74) is 0. The lowest BCUT2D eigenvalue weighted by Gasteiger charge is -2.19. The minimum Gasteiger partial charge on any atom is -0.377 e. The van der Waals surface area contributed by atoms with E-state index in [4.69, 9.17) is 4.74 Å². The maximum atomic E-state index is 5.59. The molecule has 0 aromatic carbocycles. The van der Waals surface area contributed by atoms with Gasteiger partial charge in [-0.1, -0.05) is 26.7 Å². The minimum absolute atomic E-state index is 0.491. The summed E-state index contributed by atoms with van der Waals surface area (Å²) in [7, 11) is 0. The predicted octanol–water partition coefficient (Wildman–Crippen LogP) is 2.72. The van der Waals surface area contributed by atoms with Crippen molar-refractivity contribution >= 4 is 0 Å². The maximum absolute atomic E-state index is 5.59. The summed E-state index contributed by atoms with van der Waals surface area (Å²) in [4.78, 5) is 0. The zero-order valence-corrected chi connectivity index (χ0v) is 9.72. The molecule has 1 heterocycles. The first kappa shape index (κ1) is 12.0. The van der Waals surface area contributed by atoms with Crippen molar-refractivity contribution in [2.24, 2.45) is 0 Å². The molecule has 2 heteroatoms. The fraction of sp³-hybridized carbons (Fsp3) is 1.00. The Kier molecular flexibility index (Phi) is 6.20. The van der Waals surface area contributed by atoms with Gasteiger partial charge in [0.25, 0.3) is 0 Å². The monoisotopic (exact) mass is 199 g/mol. The molecule has 0 radical (unpaired) electrons. The van der Waals surface area contributed by atoms with E-state index < -0.39 is 0 Å². The maximum Gasteiger partial charge on any atom is 0.0700 e. The highest BCUT2D eigenvalue weighted by Crippen LogP contribution is 2.12. The van der Waals surface area contributed by atoms with Crippen molar-refractivity contribution in [1.29, 1.82) is 0 Å². The Morgan fingerprint density at radius 1 is 1.43 bits per heavy atom. The first-order valence-corrected chi connectivity index (χ1v) is 6.21. The van der Waals surface area contributed by atoms with E-state index >= 15 is 0 Å². The molecule has 0 aromatic rings. The number of hydrogen-bond donors (Lipinski definition) is 1. The fourth-order valence-corrected chi connectivity index (χ4v) is 2.00. The summed E-state index contributed by atoms with van der Waals surface area (Å²) in [6.45, 7) is 6.55. The number of rotatable bonds is 7. The quantitative estimate of drug-likeness (QED) is 0.680. The summed E-state index contributed by atoms with van der Waals surface area (Å²) in [5.74, 6) is 0. The molecule has 1 aliphatic rings. The van der Waals surface area contributed by atoms with E-state index in [-0.39, 0.29) is 0 Å². The summed E-state index contributed by atoms with van der Waals surface area (Å²) in [5, 5.41) is 3.62. The number of ether oxygens (including phenoxy) is 1. The van der Waals surface area contributed by atoms with Gasteiger partial charge in [-0.2, -0.15) is 0 Å². The van der Waals surface area contributed by atoms with Crippen LogP contribution in [0.25, 0.3) is 0 Å². The van der Waals surface area contributed by atoms with Crippen LogP contribution in [-0.2, 0) is 4.74 Å². The van der Waals surface area contributed by atoms with Gasteiger partial charge in [0, 0.05) is 19.2 Å². The Morgan fingerprint density at radius 3 is 2.86 bits per heavy atom. The largest absolute Gasteiger partial charge is 0.377 e. The van der Waals surface area contributed by atoms with Gasteiger partial charge in [0.2, 0.25) is 0 Å². The zero-order chi connectivity index (χ0) is 10.2. The van der Waals surface area contributed by atoms with Gasteiger partial charge in [0.05, 0.1) is 6.10 Å². The van der Waals surface area contributed by atoms with E-state index in [0.29, 0.717) is 12.1 Å². The van der Waals surface area contributed by atoms with Gasteiger partial charge in [-0.15, -0.1) is 0 Å². The van der Waals surface area contributed by atoms with Crippen LogP contribution in [0, 0.1) is 0 Å². The molecule has 0 unspecified atom stereocenters. The third-order valence-corrected chi connectivity index (χ3v) is 3.06. The Bertz CT molecular complexity index is 132. The topological polar surface area (TPSA) is 21.3 Å². The minimum atomic E-state index is 0.491. The van der Waals surface area contributed by atoms with Crippen molar-refractivity contribution in [3.63, 3.8) is 0 Å². The molecule has 2 nitrogen and oxygen atoms in total. The van der Waals surface area contributed by atoms with Crippen LogP contribution < -0.4 is 5.32 Å². The average molecular weight is 199 g/mol. The molecule has 1 saturated heterocycles. The number of hydrogen-bond acceptors (Lipinski definition) is 2. The van der Waals surface area contributed by atoms with E-state index in [9.17, 15) is 0 Å². The van der Waals surface area contributed by atoms with Crippen molar-refractivity contribution in [1.82, 2.24) is 5.32 Å². The van der Waals surface area contributed by atoms with Crippen LogP contribution in [0.2, 0.25) is 0 Å². The molecule has 0 spiro atoms. The standard InChI is InChI=1S/C12H25NO/c1-3-5-7-11(4-2)13-10-12-8-6-9-14-12/h11-13H,3-10H2,1-2H3/t11-,12-/m1/s1. The van der Waals surface area contributed by atoms with Crippen LogP contribution in [0.15, 0.2) is 0 Å². The third-order valence-electron chi connectivity index (χ3n) is 3.06. The van der Waals surface area contributed by atoms with E-state index in [1.165, 1.54) is 38.5 Å². The number of unbranched alkanes of at least 4 members (excludes halogenated alkanes) is 1. The lowest BCUT2D eigenvalue weighted by Crippen LogP contribution is -2.35. The lowest BCUT2D eigenvalue weighted by molar-refractivity contribution is 0.107. The zero-order valence-electron chi connectivity index (χ0n) is 9.72. The Hall–Kier alpha value is -0.0800. The SMILES string of the molecule is CCCC[C@@H](CC)NC[C@H]1CCCO1. The van der Waals surface area contributed by atoms with Crippen molar-refractivity contribution in [3.8, 4) is 0 Å². The molecule has 1 aliphatic heterocycles. The molecule has 1 rings (SSSR count). The van der Waals surface area contributed by atoms with Gasteiger partial charge < -0.3 is 10.1 Å². The molecular formula is C12H25NO. The Balaban J connectivity index is 2.06. The van der Waals surface area contributed by atoms with E-state index in [2.05, 4.69) is 19.2 Å². The molecule has 0 bridgehead atoms. The number of nitrogens with one attached hydrogen (secondary N) is 1. The van der Waals surface area contributed by atoms with Crippen molar-refractivity contribution < 1.29 is 4.74 Å². The summed E-state index contributed by atoms with van der Waals surface area (Å²) < 4.78 is 5.59. The van der Waals surface area contributed by atoms with Crippen LogP contribution in [0.5, 0.6) is 0 Å². The molecule has 2 atom stereocenters.